The highest BCUT2D eigenvalue weighted by atomic mass is 19.1. The molecule has 4 nitrogen and oxygen atoms in total. The third kappa shape index (κ3) is 10.0. The second-order valence-electron chi connectivity index (χ2n) is 16.6. The van der Waals surface area contributed by atoms with Gasteiger partial charge in [0.15, 0.2) is 0 Å². The quantitative estimate of drug-likeness (QED) is 0.149. The van der Waals surface area contributed by atoms with Crippen molar-refractivity contribution >= 4 is 5.84 Å². The fraction of sp³-hybridized carbons (Fsp3) is 0.440. The summed E-state index contributed by atoms with van der Waals surface area (Å²) in [6.45, 7) is 28.2. The number of hydrogen-bond donors (Lipinski definition) is 2. The first-order valence-electron chi connectivity index (χ1n) is 19.8. The number of aromatic amines is 1. The van der Waals surface area contributed by atoms with E-state index in [-0.39, 0.29) is 26.5 Å². The molecule has 0 amide bonds. The lowest BCUT2D eigenvalue weighted by Crippen LogP contribution is -2.20. The number of nitrogens with zero attached hydrogens (tertiary/aromatic N) is 2. The normalized spacial score (nSPS) is 12.5. The van der Waals surface area contributed by atoms with Gasteiger partial charge in [0.05, 0.1) is 6.54 Å². The molecule has 6 rings (SSSR count). The molecule has 56 heavy (non-hydrogen) atoms. The second kappa shape index (κ2) is 19.5. The van der Waals surface area contributed by atoms with Crippen molar-refractivity contribution in [3.8, 4) is 33.6 Å². The molecule has 6 heteroatoms. The maximum Gasteiger partial charge on any atom is 0.137 e. The number of aliphatic imine (C=N–C) groups is 1. The number of amidine groups is 1. The topological polar surface area (TPSA) is 53.1 Å². The first kappa shape index (κ1) is 45.8. The van der Waals surface area contributed by atoms with Crippen LogP contribution in [0, 0.1) is 11.6 Å². The van der Waals surface area contributed by atoms with E-state index in [1.165, 1.54) is 51.1 Å². The highest BCUT2D eigenvalue weighted by Crippen LogP contribution is 2.43. The van der Waals surface area contributed by atoms with Gasteiger partial charge in [-0.25, -0.2) is 13.8 Å². The number of halogens is 2. The summed E-state index contributed by atoms with van der Waals surface area (Å²) in [5, 5.41) is 3.36. The summed E-state index contributed by atoms with van der Waals surface area (Å²) in [6.07, 6.45) is 3.54. The van der Waals surface area contributed by atoms with E-state index < -0.39 is 0 Å². The van der Waals surface area contributed by atoms with Gasteiger partial charge in [-0.15, -0.1) is 0 Å². The third-order valence-electron chi connectivity index (χ3n) is 10.4. The van der Waals surface area contributed by atoms with Crippen LogP contribution in [0.25, 0.3) is 33.6 Å². The van der Waals surface area contributed by atoms with Crippen LogP contribution in [0.2, 0.25) is 0 Å². The minimum atomic E-state index is -0.224. The average molecular weight is 763 g/mol. The Labute approximate surface area is 337 Å². The molecule has 2 heterocycles. The molecule has 0 saturated heterocycles. The number of H-pyrrole nitrogens is 1. The summed E-state index contributed by atoms with van der Waals surface area (Å²) in [6, 6.07) is 19.3. The average Bonchev–Trinajstić information content (AvgIpc) is 3.86. The van der Waals surface area contributed by atoms with Crippen molar-refractivity contribution in [2.24, 2.45) is 4.99 Å². The van der Waals surface area contributed by atoms with Crippen LogP contribution in [-0.4, -0.2) is 28.9 Å². The highest BCUT2D eigenvalue weighted by Gasteiger charge is 2.24. The van der Waals surface area contributed by atoms with Crippen LogP contribution in [0.5, 0.6) is 0 Å². The van der Waals surface area contributed by atoms with Gasteiger partial charge in [0.1, 0.15) is 23.3 Å². The van der Waals surface area contributed by atoms with Crippen LogP contribution in [0.1, 0.15) is 172 Å². The Morgan fingerprint density at radius 3 is 1.27 bits per heavy atom. The predicted molar refractivity (Wildman–Crippen MR) is 239 cm³/mol. The molecule has 0 radical (unpaired) electrons. The van der Waals surface area contributed by atoms with Crippen molar-refractivity contribution in [2.75, 3.05) is 13.1 Å². The lowest BCUT2D eigenvalue weighted by molar-refractivity contribution is 0.627. The van der Waals surface area contributed by atoms with Gasteiger partial charge in [0.2, 0.25) is 0 Å². The van der Waals surface area contributed by atoms with E-state index in [1.54, 1.807) is 24.5 Å². The first-order chi connectivity index (χ1) is 25.6. The minimum Gasteiger partial charge on any atom is -0.368 e. The third-order valence-corrected chi connectivity index (χ3v) is 10.4. The predicted octanol–water partition coefficient (Wildman–Crippen LogP) is 14.7. The van der Waals surface area contributed by atoms with Gasteiger partial charge < -0.3 is 10.3 Å². The van der Waals surface area contributed by atoms with E-state index in [1.807, 2.05) is 12.1 Å². The van der Waals surface area contributed by atoms with E-state index in [0.29, 0.717) is 35.5 Å². The molecule has 4 aromatic carbocycles. The molecule has 1 aromatic heterocycles. The summed E-state index contributed by atoms with van der Waals surface area (Å²) in [7, 11) is 0. The molecule has 0 aliphatic carbocycles. The van der Waals surface area contributed by atoms with Gasteiger partial charge in [0.25, 0.3) is 0 Å². The molecule has 1 aliphatic rings. The maximum atomic E-state index is 14.3. The van der Waals surface area contributed by atoms with Crippen LogP contribution in [0.3, 0.4) is 0 Å². The summed E-state index contributed by atoms with van der Waals surface area (Å²) >= 11 is 0. The number of hydrogen-bond acceptors (Lipinski definition) is 3. The van der Waals surface area contributed by atoms with Crippen molar-refractivity contribution in [1.29, 1.82) is 0 Å². The van der Waals surface area contributed by atoms with Gasteiger partial charge in [-0.3, -0.25) is 4.99 Å². The van der Waals surface area contributed by atoms with E-state index in [2.05, 4.69) is 128 Å². The molecule has 0 spiro atoms. The summed E-state index contributed by atoms with van der Waals surface area (Å²) in [4.78, 5) is 12.2. The Bertz CT molecular complexity index is 2030. The van der Waals surface area contributed by atoms with Gasteiger partial charge >= 0.3 is 0 Å². The summed E-state index contributed by atoms with van der Waals surface area (Å²) in [5.74, 6) is 3.50. The number of aromatic nitrogens is 2. The number of rotatable bonds is 10. The summed E-state index contributed by atoms with van der Waals surface area (Å²) in [5.41, 5.74) is 13.9. The molecule has 302 valence electrons. The Hall–Kier alpha value is -4.58. The van der Waals surface area contributed by atoms with E-state index in [4.69, 9.17) is 0 Å². The zero-order valence-corrected chi connectivity index (χ0v) is 34.5. The Morgan fingerprint density at radius 1 is 0.518 bits per heavy atom. The molecule has 2 N–H and O–H groups in total. The number of nitrogens with one attached hydrogen (secondary N) is 2. The smallest absolute Gasteiger partial charge is 0.137 e. The minimum absolute atomic E-state index is 0. The molecule has 0 atom stereocenters. The fourth-order valence-corrected chi connectivity index (χ4v) is 7.38. The van der Waals surface area contributed by atoms with Crippen molar-refractivity contribution in [3.63, 3.8) is 0 Å². The summed E-state index contributed by atoms with van der Waals surface area (Å²) < 4.78 is 28.6. The van der Waals surface area contributed by atoms with E-state index in [9.17, 15) is 8.78 Å². The van der Waals surface area contributed by atoms with Crippen LogP contribution in [-0.2, 0) is 0 Å². The SMILES string of the molecule is C.C.CC(C)c1cc(C(C)C)c(-c2cc(F)ccc2-c2ncc[nH]2)c(C(C)C)c1.CC(C)c1cc(C(C)C)c(-c2cc(F)ccc2C2=NCCN2)c(C(C)C)c1. The van der Waals surface area contributed by atoms with Crippen LogP contribution in [0.15, 0.2) is 78.0 Å². The first-order valence-corrected chi connectivity index (χ1v) is 19.8. The molecule has 0 fully saturated rings. The van der Waals surface area contributed by atoms with E-state index >= 15 is 0 Å². The monoisotopic (exact) mass is 763 g/mol. The number of imidazole rings is 1. The van der Waals surface area contributed by atoms with Crippen LogP contribution in [0.4, 0.5) is 8.78 Å². The van der Waals surface area contributed by atoms with Crippen LogP contribution < -0.4 is 5.32 Å². The molecular weight excluding hydrogens is 695 g/mol. The maximum absolute atomic E-state index is 14.3. The van der Waals surface area contributed by atoms with Gasteiger partial charge in [-0.1, -0.05) is 122 Å². The molecule has 0 unspecified atom stereocenters. The lowest BCUT2D eigenvalue weighted by Gasteiger charge is -2.24. The molecule has 1 aliphatic heterocycles. The number of benzene rings is 4. The highest BCUT2D eigenvalue weighted by molar-refractivity contribution is 6.06. The second-order valence-corrected chi connectivity index (χ2v) is 16.6. The van der Waals surface area contributed by atoms with E-state index in [0.717, 1.165) is 52.6 Å². The fourth-order valence-electron chi connectivity index (χ4n) is 7.38. The van der Waals surface area contributed by atoms with Gasteiger partial charge in [-0.2, -0.15) is 0 Å². The van der Waals surface area contributed by atoms with Gasteiger partial charge in [0, 0.05) is 30.1 Å². The zero-order chi connectivity index (χ0) is 39.4. The van der Waals surface area contributed by atoms with Crippen molar-refractivity contribution < 1.29 is 8.78 Å². The Balaban J connectivity index is 0.000000290. The molecule has 0 bridgehead atoms. The van der Waals surface area contributed by atoms with Crippen molar-refractivity contribution in [2.45, 2.75) is 133 Å². The van der Waals surface area contributed by atoms with Gasteiger partial charge in [-0.05, 0) is 128 Å². The van der Waals surface area contributed by atoms with Crippen LogP contribution >= 0.6 is 0 Å². The molecule has 5 aromatic rings. The largest absolute Gasteiger partial charge is 0.368 e. The lowest BCUT2D eigenvalue weighted by atomic mass is 9.80. The van der Waals surface area contributed by atoms with Crippen molar-refractivity contribution in [1.82, 2.24) is 15.3 Å². The standard InChI is InChI=1S/C24H31FN2.C24H29FN2.2CH4/c2*1-14(2)17-11-20(15(3)4)23(21(12-17)16(5)6)22-13-18(25)7-8-19(22)24-26-9-10-27-24;;/h7-8,11-16H,9-10H2,1-6H3,(H,26,27);7-16H,1-6H3,(H,26,27);2*1H4. The Kier molecular flexibility index (Phi) is 16.0. The zero-order valence-electron chi connectivity index (χ0n) is 34.5. The molecular formula is C50H68F2N4. The van der Waals surface area contributed by atoms with Crippen molar-refractivity contribution in [3.05, 3.63) is 124 Å². The Morgan fingerprint density at radius 2 is 0.929 bits per heavy atom. The molecule has 0 saturated carbocycles.